The molecule has 1 heterocycles. The van der Waals surface area contributed by atoms with E-state index < -0.39 is 5.41 Å². The number of hydrogen-bond acceptors (Lipinski definition) is 3. The Morgan fingerprint density at radius 1 is 1.23 bits per heavy atom. The molecule has 4 heteroatoms. The van der Waals surface area contributed by atoms with Crippen molar-refractivity contribution in [3.05, 3.63) is 35.5 Å². The second-order valence-electron chi connectivity index (χ2n) is 6.31. The number of aromatic nitrogens is 1. The van der Waals surface area contributed by atoms with Gasteiger partial charge in [-0.25, -0.2) is 0 Å². The Bertz CT molecular complexity index is 692. The molecule has 0 atom stereocenters. The Kier molecular flexibility index (Phi) is 4.69. The average Bonchev–Trinajstić information content (AvgIpc) is 2.48. The number of nitrogens with one attached hydrogen (secondary N) is 2. The number of anilines is 1. The van der Waals surface area contributed by atoms with Gasteiger partial charge in [-0.15, -0.1) is 0 Å². The molecule has 2 N–H and O–H groups in total. The van der Waals surface area contributed by atoms with Gasteiger partial charge in [0.15, 0.2) is 0 Å². The van der Waals surface area contributed by atoms with Crippen molar-refractivity contribution < 1.29 is 4.79 Å². The van der Waals surface area contributed by atoms with E-state index in [1.807, 2.05) is 45.9 Å². The van der Waals surface area contributed by atoms with Crippen molar-refractivity contribution in [1.29, 1.82) is 0 Å². The van der Waals surface area contributed by atoms with Gasteiger partial charge in [-0.05, 0) is 46.2 Å². The molecule has 0 spiro atoms. The summed E-state index contributed by atoms with van der Waals surface area (Å²) in [5.41, 5.74) is 3.72. The van der Waals surface area contributed by atoms with Crippen LogP contribution in [0.3, 0.4) is 0 Å². The predicted molar refractivity (Wildman–Crippen MR) is 92.2 cm³/mol. The van der Waals surface area contributed by atoms with Gasteiger partial charge in [-0.3, -0.25) is 9.78 Å². The molecular weight excluding hydrogens is 274 g/mol. The van der Waals surface area contributed by atoms with Crippen molar-refractivity contribution in [2.45, 2.75) is 34.6 Å². The molecule has 1 aromatic carbocycles. The molecule has 0 saturated carbocycles. The monoisotopic (exact) mass is 299 g/mol. The maximum Gasteiger partial charge on any atom is 0.227 e. The van der Waals surface area contributed by atoms with Gasteiger partial charge < -0.3 is 10.6 Å². The van der Waals surface area contributed by atoms with E-state index in [0.29, 0.717) is 13.1 Å². The van der Waals surface area contributed by atoms with Gasteiger partial charge in [0.05, 0.1) is 10.9 Å². The van der Waals surface area contributed by atoms with E-state index >= 15 is 0 Å². The highest BCUT2D eigenvalue weighted by Crippen LogP contribution is 2.29. The minimum absolute atomic E-state index is 0.0650. The van der Waals surface area contributed by atoms with Gasteiger partial charge in [-0.2, -0.15) is 0 Å². The van der Waals surface area contributed by atoms with Gasteiger partial charge in [0.2, 0.25) is 5.91 Å². The van der Waals surface area contributed by atoms with Crippen LogP contribution in [0.1, 0.15) is 32.0 Å². The topological polar surface area (TPSA) is 54.0 Å². The Balaban J connectivity index is 2.32. The fourth-order valence-electron chi connectivity index (χ4n) is 2.45. The molecule has 0 aliphatic rings. The molecule has 0 aliphatic heterocycles. The van der Waals surface area contributed by atoms with Crippen LogP contribution in [0.2, 0.25) is 0 Å². The van der Waals surface area contributed by atoms with Crippen molar-refractivity contribution in [2.24, 2.45) is 5.41 Å². The fraction of sp³-hybridized carbons (Fsp3) is 0.444. The van der Waals surface area contributed by atoms with E-state index in [-0.39, 0.29) is 5.91 Å². The van der Waals surface area contributed by atoms with E-state index in [9.17, 15) is 4.79 Å². The number of para-hydroxylation sites is 1. The second kappa shape index (κ2) is 6.34. The lowest BCUT2D eigenvalue weighted by molar-refractivity contribution is -0.128. The summed E-state index contributed by atoms with van der Waals surface area (Å²) >= 11 is 0. The van der Waals surface area contributed by atoms with E-state index in [1.165, 1.54) is 0 Å². The molecule has 0 bridgehead atoms. The van der Waals surface area contributed by atoms with E-state index in [4.69, 9.17) is 0 Å². The zero-order valence-electron chi connectivity index (χ0n) is 14.1. The van der Waals surface area contributed by atoms with Crippen molar-refractivity contribution in [3.8, 4) is 0 Å². The second-order valence-corrected chi connectivity index (χ2v) is 6.31. The normalized spacial score (nSPS) is 11.5. The van der Waals surface area contributed by atoms with Crippen molar-refractivity contribution in [2.75, 3.05) is 18.4 Å². The number of carbonyl (C=O) groups is 1. The number of pyridine rings is 1. The van der Waals surface area contributed by atoms with Gasteiger partial charge in [0.1, 0.15) is 0 Å². The van der Waals surface area contributed by atoms with E-state index in [2.05, 4.69) is 28.6 Å². The summed E-state index contributed by atoms with van der Waals surface area (Å²) in [6.07, 6.45) is 0. The zero-order valence-corrected chi connectivity index (χ0v) is 14.1. The largest absolute Gasteiger partial charge is 0.383 e. The average molecular weight is 299 g/mol. The van der Waals surface area contributed by atoms with Crippen molar-refractivity contribution in [1.82, 2.24) is 10.3 Å². The first-order chi connectivity index (χ1) is 10.4. The van der Waals surface area contributed by atoms with Crippen LogP contribution in [0.4, 0.5) is 5.69 Å². The number of fused-ring (bicyclic) bond motifs is 1. The van der Waals surface area contributed by atoms with Crippen LogP contribution in [0.5, 0.6) is 0 Å². The SMILES string of the molecule is CCNC(=O)C(C)(C)CNc1c(C)c(C)nc2ccccc12. The number of aryl methyl sites for hydroxylation is 1. The minimum atomic E-state index is -0.471. The molecule has 0 fully saturated rings. The Hall–Kier alpha value is -2.10. The van der Waals surface area contributed by atoms with Crippen LogP contribution in [0.15, 0.2) is 24.3 Å². The van der Waals surface area contributed by atoms with Crippen LogP contribution >= 0.6 is 0 Å². The summed E-state index contributed by atoms with van der Waals surface area (Å²) in [5, 5.41) is 7.46. The number of rotatable bonds is 5. The molecule has 0 unspecified atom stereocenters. The molecule has 22 heavy (non-hydrogen) atoms. The molecule has 0 saturated heterocycles. The first-order valence-electron chi connectivity index (χ1n) is 7.75. The molecule has 4 nitrogen and oxygen atoms in total. The summed E-state index contributed by atoms with van der Waals surface area (Å²) in [7, 11) is 0. The lowest BCUT2D eigenvalue weighted by Crippen LogP contribution is -2.41. The van der Waals surface area contributed by atoms with Gasteiger partial charge in [0.25, 0.3) is 0 Å². The molecular formula is C18H25N3O. The third-order valence-corrected chi connectivity index (χ3v) is 4.04. The number of nitrogens with zero attached hydrogens (tertiary/aromatic N) is 1. The van der Waals surface area contributed by atoms with Gasteiger partial charge in [0, 0.05) is 29.9 Å². The molecule has 0 aliphatic carbocycles. The number of hydrogen-bond donors (Lipinski definition) is 2. The summed E-state index contributed by atoms with van der Waals surface area (Å²) in [4.78, 5) is 16.8. The smallest absolute Gasteiger partial charge is 0.227 e. The Morgan fingerprint density at radius 2 is 1.91 bits per heavy atom. The summed E-state index contributed by atoms with van der Waals surface area (Å²) in [6.45, 7) is 11.2. The third-order valence-electron chi connectivity index (χ3n) is 4.04. The van der Waals surface area contributed by atoms with Crippen LogP contribution in [-0.4, -0.2) is 24.0 Å². The first kappa shape index (κ1) is 16.3. The number of carbonyl (C=O) groups excluding carboxylic acids is 1. The van der Waals surface area contributed by atoms with Crippen LogP contribution < -0.4 is 10.6 Å². The first-order valence-corrected chi connectivity index (χ1v) is 7.75. The predicted octanol–water partition coefficient (Wildman–Crippen LogP) is 3.43. The standard InChI is InChI=1S/C18H25N3O/c1-6-19-17(22)18(4,5)11-20-16-12(2)13(3)21-15-10-8-7-9-14(15)16/h7-10H,6,11H2,1-5H3,(H,19,22)(H,20,21). The zero-order chi connectivity index (χ0) is 16.3. The Labute approximate surface area is 132 Å². The van der Waals surface area contributed by atoms with Crippen molar-refractivity contribution in [3.63, 3.8) is 0 Å². The van der Waals surface area contributed by atoms with Crippen molar-refractivity contribution >= 4 is 22.5 Å². The molecule has 0 radical (unpaired) electrons. The summed E-state index contributed by atoms with van der Waals surface area (Å²) in [6, 6.07) is 8.09. The molecule has 2 rings (SSSR count). The Morgan fingerprint density at radius 3 is 2.59 bits per heavy atom. The highest BCUT2D eigenvalue weighted by Gasteiger charge is 2.27. The highest BCUT2D eigenvalue weighted by molar-refractivity contribution is 5.93. The summed E-state index contributed by atoms with van der Waals surface area (Å²) in [5.74, 6) is 0.0650. The van der Waals surface area contributed by atoms with Crippen LogP contribution in [0, 0.1) is 19.3 Å². The quantitative estimate of drug-likeness (QED) is 0.889. The summed E-state index contributed by atoms with van der Waals surface area (Å²) < 4.78 is 0. The minimum Gasteiger partial charge on any atom is -0.383 e. The van der Waals surface area contributed by atoms with Gasteiger partial charge >= 0.3 is 0 Å². The molecule has 1 amide bonds. The third kappa shape index (κ3) is 3.21. The molecule has 2 aromatic rings. The van der Waals surface area contributed by atoms with E-state index in [1.54, 1.807) is 0 Å². The highest BCUT2D eigenvalue weighted by atomic mass is 16.2. The van der Waals surface area contributed by atoms with Crippen LogP contribution in [0.25, 0.3) is 10.9 Å². The van der Waals surface area contributed by atoms with Gasteiger partial charge in [-0.1, -0.05) is 18.2 Å². The number of amides is 1. The maximum atomic E-state index is 12.1. The van der Waals surface area contributed by atoms with E-state index in [0.717, 1.165) is 27.8 Å². The maximum absolute atomic E-state index is 12.1. The fourth-order valence-corrected chi connectivity index (χ4v) is 2.45. The number of benzene rings is 1. The molecule has 1 aromatic heterocycles. The lowest BCUT2D eigenvalue weighted by Gasteiger charge is -2.25. The van der Waals surface area contributed by atoms with Crippen LogP contribution in [-0.2, 0) is 4.79 Å². The molecule has 118 valence electrons. The lowest BCUT2D eigenvalue weighted by atomic mass is 9.91.